The maximum absolute atomic E-state index is 11.9. The first-order valence-corrected chi connectivity index (χ1v) is 8.41. The van der Waals surface area contributed by atoms with Gasteiger partial charge >= 0.3 is 0 Å². The fraction of sp³-hybridized carbons (Fsp3) is 0.667. The summed E-state index contributed by atoms with van der Waals surface area (Å²) in [5.41, 5.74) is 1.15. The average molecular weight is 320 g/mol. The average Bonchev–Trinajstić information content (AvgIpc) is 3.12. The van der Waals surface area contributed by atoms with Gasteiger partial charge in [-0.25, -0.2) is 4.98 Å². The molecule has 2 aliphatic rings. The van der Waals surface area contributed by atoms with Gasteiger partial charge in [-0.3, -0.25) is 4.79 Å². The molecule has 1 aromatic rings. The molecule has 1 aliphatic heterocycles. The lowest BCUT2D eigenvalue weighted by molar-refractivity contribution is -0.116. The highest BCUT2D eigenvalue weighted by Gasteiger charge is 2.26. The molecule has 1 unspecified atom stereocenters. The second-order valence-corrected chi connectivity index (χ2v) is 6.84. The smallest absolute Gasteiger partial charge is 0.227 e. The Labute approximate surface area is 127 Å². The molecular weight excluding hydrogens is 302 g/mol. The lowest BCUT2D eigenvalue weighted by atomic mass is 10.2. The van der Waals surface area contributed by atoms with Crippen LogP contribution in [-0.2, 0) is 4.79 Å². The number of thioether (sulfide) groups is 1. The third-order valence-electron chi connectivity index (χ3n) is 3.19. The number of amides is 1. The van der Waals surface area contributed by atoms with Crippen molar-refractivity contribution in [3.8, 4) is 0 Å². The SMILES string of the molecule is Cl.O=C(CC1CSCCN1)Nc1nc(C2CC2)cs1. The second kappa shape index (κ2) is 6.92. The van der Waals surface area contributed by atoms with Crippen LogP contribution >= 0.6 is 35.5 Å². The molecule has 0 radical (unpaired) electrons. The largest absolute Gasteiger partial charge is 0.312 e. The zero-order valence-electron chi connectivity index (χ0n) is 10.6. The number of nitrogens with one attached hydrogen (secondary N) is 2. The van der Waals surface area contributed by atoms with Gasteiger partial charge in [0.1, 0.15) is 0 Å². The molecule has 1 saturated heterocycles. The van der Waals surface area contributed by atoms with Gasteiger partial charge in [0.15, 0.2) is 5.13 Å². The van der Waals surface area contributed by atoms with E-state index in [0.29, 0.717) is 18.4 Å². The van der Waals surface area contributed by atoms with Gasteiger partial charge in [0, 0.05) is 41.8 Å². The summed E-state index contributed by atoms with van der Waals surface area (Å²) in [6.07, 6.45) is 3.05. The summed E-state index contributed by atoms with van der Waals surface area (Å²) < 4.78 is 0. The van der Waals surface area contributed by atoms with Crippen LogP contribution in [0, 0.1) is 0 Å². The van der Waals surface area contributed by atoms with E-state index in [1.807, 2.05) is 11.8 Å². The Balaban J connectivity index is 0.00000133. The quantitative estimate of drug-likeness (QED) is 0.895. The van der Waals surface area contributed by atoms with Crippen molar-refractivity contribution in [2.45, 2.75) is 31.2 Å². The molecule has 0 bridgehead atoms. The molecule has 1 aromatic heterocycles. The Hall–Kier alpha value is -0.300. The van der Waals surface area contributed by atoms with Crippen LogP contribution in [0.2, 0.25) is 0 Å². The first kappa shape index (κ1) is 15.1. The minimum atomic E-state index is 0. The molecule has 4 nitrogen and oxygen atoms in total. The molecule has 7 heteroatoms. The number of carbonyl (C=O) groups is 1. The molecule has 0 spiro atoms. The number of nitrogens with zero attached hydrogens (tertiary/aromatic N) is 1. The Morgan fingerprint density at radius 1 is 1.53 bits per heavy atom. The highest BCUT2D eigenvalue weighted by Crippen LogP contribution is 2.40. The topological polar surface area (TPSA) is 54.0 Å². The van der Waals surface area contributed by atoms with Gasteiger partial charge in [-0.1, -0.05) is 0 Å². The van der Waals surface area contributed by atoms with Crippen LogP contribution in [0.4, 0.5) is 5.13 Å². The molecule has 1 aliphatic carbocycles. The fourth-order valence-corrected chi connectivity index (χ4v) is 3.81. The Kier molecular flexibility index (Phi) is 5.50. The molecule has 106 valence electrons. The third-order valence-corrected chi connectivity index (χ3v) is 5.10. The fourth-order valence-electron chi connectivity index (χ4n) is 2.06. The number of thiazole rings is 1. The van der Waals surface area contributed by atoms with Crippen LogP contribution in [0.1, 0.15) is 30.9 Å². The highest BCUT2D eigenvalue weighted by molar-refractivity contribution is 7.99. The molecule has 3 rings (SSSR count). The standard InChI is InChI=1S/C12H17N3OS2.ClH/c16-11(5-9-6-17-4-3-13-9)15-12-14-10(7-18-12)8-1-2-8;/h7-9,13H,1-6H2,(H,14,15,16);1H. The summed E-state index contributed by atoms with van der Waals surface area (Å²) in [6.45, 7) is 1.01. The first-order chi connectivity index (χ1) is 8.81. The predicted molar refractivity (Wildman–Crippen MR) is 83.7 cm³/mol. The van der Waals surface area contributed by atoms with E-state index in [1.165, 1.54) is 24.2 Å². The minimum absolute atomic E-state index is 0. The summed E-state index contributed by atoms with van der Waals surface area (Å²) in [5, 5.41) is 9.11. The summed E-state index contributed by atoms with van der Waals surface area (Å²) in [7, 11) is 0. The Morgan fingerprint density at radius 2 is 2.37 bits per heavy atom. The molecular formula is C12H18ClN3OS2. The lowest BCUT2D eigenvalue weighted by Crippen LogP contribution is -2.39. The van der Waals surface area contributed by atoms with Gasteiger partial charge < -0.3 is 10.6 Å². The van der Waals surface area contributed by atoms with Gasteiger partial charge in [0.25, 0.3) is 0 Å². The third kappa shape index (κ3) is 4.34. The highest BCUT2D eigenvalue weighted by atomic mass is 35.5. The van der Waals surface area contributed by atoms with E-state index in [1.54, 1.807) is 0 Å². The van der Waals surface area contributed by atoms with Crippen LogP contribution in [0.15, 0.2) is 5.38 Å². The summed E-state index contributed by atoms with van der Waals surface area (Å²) >= 11 is 3.45. The molecule has 2 fully saturated rings. The maximum Gasteiger partial charge on any atom is 0.227 e. The van der Waals surface area contributed by atoms with Gasteiger partial charge in [0.2, 0.25) is 5.91 Å². The maximum atomic E-state index is 11.9. The van der Waals surface area contributed by atoms with Crippen LogP contribution in [0.3, 0.4) is 0 Å². The number of rotatable bonds is 4. The first-order valence-electron chi connectivity index (χ1n) is 6.37. The monoisotopic (exact) mass is 319 g/mol. The van der Waals surface area contributed by atoms with Crippen molar-refractivity contribution in [1.29, 1.82) is 0 Å². The zero-order valence-corrected chi connectivity index (χ0v) is 13.0. The van der Waals surface area contributed by atoms with Crippen LogP contribution < -0.4 is 10.6 Å². The molecule has 1 saturated carbocycles. The molecule has 1 amide bonds. The van der Waals surface area contributed by atoms with Crippen LogP contribution in [0.5, 0.6) is 0 Å². The Bertz CT molecular complexity index is 430. The number of carbonyl (C=O) groups excluding carboxylic acids is 1. The van der Waals surface area contributed by atoms with E-state index in [2.05, 4.69) is 21.0 Å². The number of hydrogen-bond acceptors (Lipinski definition) is 5. The zero-order chi connectivity index (χ0) is 12.4. The summed E-state index contributed by atoms with van der Waals surface area (Å²) in [5.74, 6) is 2.91. The Morgan fingerprint density at radius 3 is 3.05 bits per heavy atom. The van der Waals surface area contributed by atoms with Crippen molar-refractivity contribution >= 4 is 46.5 Å². The van der Waals surface area contributed by atoms with Gasteiger partial charge in [-0.2, -0.15) is 11.8 Å². The van der Waals surface area contributed by atoms with E-state index in [4.69, 9.17) is 0 Å². The molecule has 2 heterocycles. The van der Waals surface area contributed by atoms with Crippen molar-refractivity contribution in [3.63, 3.8) is 0 Å². The van der Waals surface area contributed by atoms with Crippen LogP contribution in [0.25, 0.3) is 0 Å². The van der Waals surface area contributed by atoms with E-state index in [9.17, 15) is 4.79 Å². The second-order valence-electron chi connectivity index (χ2n) is 4.83. The van der Waals surface area contributed by atoms with Crippen molar-refractivity contribution in [2.75, 3.05) is 23.4 Å². The van der Waals surface area contributed by atoms with Crippen molar-refractivity contribution < 1.29 is 4.79 Å². The van der Waals surface area contributed by atoms with E-state index < -0.39 is 0 Å². The van der Waals surface area contributed by atoms with Gasteiger partial charge in [-0.15, -0.1) is 23.7 Å². The van der Waals surface area contributed by atoms with Crippen LogP contribution in [-0.4, -0.2) is 35.0 Å². The van der Waals surface area contributed by atoms with Gasteiger partial charge in [-0.05, 0) is 12.8 Å². The lowest BCUT2D eigenvalue weighted by Gasteiger charge is -2.22. The van der Waals surface area contributed by atoms with Gasteiger partial charge in [0.05, 0.1) is 5.69 Å². The number of anilines is 1. The minimum Gasteiger partial charge on any atom is -0.312 e. The molecule has 0 aromatic carbocycles. The van der Waals surface area contributed by atoms with E-state index >= 15 is 0 Å². The normalized spacial score (nSPS) is 22.6. The predicted octanol–water partition coefficient (Wildman–Crippen LogP) is 2.48. The van der Waals surface area contributed by atoms with E-state index in [0.717, 1.165) is 28.9 Å². The molecule has 19 heavy (non-hydrogen) atoms. The van der Waals surface area contributed by atoms with Crippen molar-refractivity contribution in [1.82, 2.24) is 10.3 Å². The summed E-state index contributed by atoms with van der Waals surface area (Å²) in [6, 6.07) is 0.312. The molecule has 2 N–H and O–H groups in total. The number of hydrogen-bond donors (Lipinski definition) is 2. The summed E-state index contributed by atoms with van der Waals surface area (Å²) in [4.78, 5) is 16.3. The van der Waals surface area contributed by atoms with E-state index in [-0.39, 0.29) is 18.3 Å². The van der Waals surface area contributed by atoms with Crippen molar-refractivity contribution in [2.24, 2.45) is 0 Å². The number of aromatic nitrogens is 1. The number of halogens is 1. The molecule has 1 atom stereocenters. The van der Waals surface area contributed by atoms with Crippen molar-refractivity contribution in [3.05, 3.63) is 11.1 Å².